The van der Waals surface area contributed by atoms with Gasteiger partial charge in [0, 0.05) is 37.0 Å². The standard InChI is InChI=1S/C18H18F3N5O2/c19-18(20,21)14-5-7-23-17(26-14)25-13-3-1-2-12(9-13)16(28)22-6-4-11-8-15(27)24-10-11/h1-3,5,7,9,11H,4,6,8,10H2,(H,22,28)(H,24,27)(H,23,25,26). The van der Waals surface area contributed by atoms with Crippen molar-refractivity contribution in [2.24, 2.45) is 5.92 Å². The molecule has 28 heavy (non-hydrogen) atoms. The number of anilines is 2. The Balaban J connectivity index is 1.59. The first-order chi connectivity index (χ1) is 13.3. The van der Waals surface area contributed by atoms with Crippen LogP contribution in [0.3, 0.4) is 0 Å². The molecule has 0 aliphatic carbocycles. The zero-order valence-corrected chi connectivity index (χ0v) is 14.7. The van der Waals surface area contributed by atoms with Crippen molar-refractivity contribution in [3.63, 3.8) is 0 Å². The number of carbonyl (C=O) groups is 2. The highest BCUT2D eigenvalue weighted by atomic mass is 19.4. The van der Waals surface area contributed by atoms with Crippen molar-refractivity contribution in [1.82, 2.24) is 20.6 Å². The highest BCUT2D eigenvalue weighted by Gasteiger charge is 2.32. The zero-order chi connectivity index (χ0) is 20.1. The Bertz CT molecular complexity index is 872. The lowest BCUT2D eigenvalue weighted by Gasteiger charge is -2.11. The molecule has 1 fully saturated rings. The molecule has 2 amide bonds. The number of benzene rings is 1. The van der Waals surface area contributed by atoms with Gasteiger partial charge in [0.15, 0.2) is 0 Å². The van der Waals surface area contributed by atoms with Crippen LogP contribution in [0, 0.1) is 5.92 Å². The molecule has 0 saturated carbocycles. The molecule has 3 N–H and O–H groups in total. The van der Waals surface area contributed by atoms with Crippen LogP contribution < -0.4 is 16.0 Å². The first kappa shape index (κ1) is 19.6. The number of alkyl halides is 3. The van der Waals surface area contributed by atoms with Crippen LogP contribution in [0.5, 0.6) is 0 Å². The number of aromatic nitrogens is 2. The second-order valence-electron chi connectivity index (χ2n) is 6.39. The molecule has 1 aliphatic heterocycles. The van der Waals surface area contributed by atoms with Crippen LogP contribution in [0.25, 0.3) is 0 Å². The van der Waals surface area contributed by atoms with Gasteiger partial charge in [0.1, 0.15) is 5.69 Å². The predicted octanol–water partition coefficient (Wildman–Crippen LogP) is 2.50. The third kappa shape index (κ3) is 5.18. The number of amides is 2. The third-order valence-electron chi connectivity index (χ3n) is 4.23. The Kier molecular flexibility index (Phi) is 5.76. The molecule has 1 aliphatic rings. The second-order valence-corrected chi connectivity index (χ2v) is 6.39. The van der Waals surface area contributed by atoms with Crippen molar-refractivity contribution in [3.05, 3.63) is 47.8 Å². The van der Waals surface area contributed by atoms with Gasteiger partial charge in [-0.15, -0.1) is 0 Å². The van der Waals surface area contributed by atoms with Crippen molar-refractivity contribution in [3.8, 4) is 0 Å². The van der Waals surface area contributed by atoms with Crippen molar-refractivity contribution >= 4 is 23.5 Å². The number of nitrogens with zero attached hydrogens (tertiary/aromatic N) is 2. The van der Waals surface area contributed by atoms with E-state index in [4.69, 9.17) is 0 Å². The molecule has 1 aromatic carbocycles. The lowest BCUT2D eigenvalue weighted by molar-refractivity contribution is -0.141. The number of hydrogen-bond donors (Lipinski definition) is 3. The Morgan fingerprint density at radius 2 is 2.11 bits per heavy atom. The van der Waals surface area contributed by atoms with Gasteiger partial charge in [-0.05, 0) is 36.6 Å². The number of halogens is 3. The number of carbonyl (C=O) groups excluding carboxylic acids is 2. The van der Waals surface area contributed by atoms with E-state index in [9.17, 15) is 22.8 Å². The fourth-order valence-corrected chi connectivity index (χ4v) is 2.80. The maximum Gasteiger partial charge on any atom is 0.433 e. The highest BCUT2D eigenvalue weighted by molar-refractivity contribution is 5.95. The molecule has 0 spiro atoms. The summed E-state index contributed by atoms with van der Waals surface area (Å²) in [7, 11) is 0. The molecule has 1 saturated heterocycles. The van der Waals surface area contributed by atoms with Crippen LogP contribution in [0.4, 0.5) is 24.8 Å². The minimum absolute atomic E-state index is 0.0203. The van der Waals surface area contributed by atoms with Gasteiger partial charge in [-0.25, -0.2) is 9.97 Å². The summed E-state index contributed by atoms with van der Waals surface area (Å²) >= 11 is 0. The summed E-state index contributed by atoms with van der Waals surface area (Å²) < 4.78 is 38.2. The SMILES string of the molecule is O=C1CC(CCNC(=O)c2cccc(Nc3nccc(C(F)(F)F)n3)c2)CN1. The molecule has 0 bridgehead atoms. The summed E-state index contributed by atoms with van der Waals surface area (Å²) in [4.78, 5) is 30.6. The summed E-state index contributed by atoms with van der Waals surface area (Å²) in [5.41, 5.74) is -0.325. The van der Waals surface area contributed by atoms with Crippen LogP contribution >= 0.6 is 0 Å². The smallest absolute Gasteiger partial charge is 0.356 e. The minimum atomic E-state index is -4.57. The largest absolute Gasteiger partial charge is 0.433 e. The lowest BCUT2D eigenvalue weighted by Crippen LogP contribution is -2.26. The fourth-order valence-electron chi connectivity index (χ4n) is 2.80. The molecule has 2 heterocycles. The topological polar surface area (TPSA) is 96.0 Å². The quantitative estimate of drug-likeness (QED) is 0.701. The van der Waals surface area contributed by atoms with Gasteiger partial charge in [-0.1, -0.05) is 6.07 Å². The first-order valence-electron chi connectivity index (χ1n) is 8.63. The number of hydrogen-bond acceptors (Lipinski definition) is 5. The molecule has 2 aromatic rings. The molecule has 148 valence electrons. The Morgan fingerprint density at radius 3 is 2.82 bits per heavy atom. The van der Waals surface area contributed by atoms with E-state index in [-0.39, 0.29) is 23.7 Å². The summed E-state index contributed by atoms with van der Waals surface area (Å²) in [6, 6.07) is 7.07. The van der Waals surface area contributed by atoms with Crippen LogP contribution in [0.1, 0.15) is 28.9 Å². The third-order valence-corrected chi connectivity index (χ3v) is 4.23. The molecule has 1 unspecified atom stereocenters. The van der Waals surface area contributed by atoms with Crippen molar-refractivity contribution in [1.29, 1.82) is 0 Å². The van der Waals surface area contributed by atoms with Gasteiger partial charge < -0.3 is 16.0 Å². The molecule has 10 heteroatoms. The van der Waals surface area contributed by atoms with Crippen molar-refractivity contribution in [2.45, 2.75) is 19.0 Å². The van der Waals surface area contributed by atoms with E-state index >= 15 is 0 Å². The summed E-state index contributed by atoms with van der Waals surface area (Å²) in [5.74, 6) is -0.303. The average molecular weight is 393 g/mol. The molecule has 1 atom stereocenters. The maximum absolute atomic E-state index is 12.7. The fraction of sp³-hybridized carbons (Fsp3) is 0.333. The van der Waals surface area contributed by atoms with Crippen LogP contribution in [0.2, 0.25) is 0 Å². The monoisotopic (exact) mass is 393 g/mol. The Hall–Kier alpha value is -3.17. The van der Waals surface area contributed by atoms with Crippen molar-refractivity contribution < 1.29 is 22.8 Å². The number of rotatable bonds is 6. The second kappa shape index (κ2) is 8.24. The molecule has 3 rings (SSSR count). The summed E-state index contributed by atoms with van der Waals surface area (Å²) in [6.45, 7) is 1.04. The van der Waals surface area contributed by atoms with Crippen LogP contribution in [-0.4, -0.2) is 34.9 Å². The minimum Gasteiger partial charge on any atom is -0.356 e. The first-order valence-corrected chi connectivity index (χ1v) is 8.63. The van der Waals surface area contributed by atoms with Crippen LogP contribution in [-0.2, 0) is 11.0 Å². The number of nitrogens with one attached hydrogen (secondary N) is 3. The maximum atomic E-state index is 12.7. The van der Waals surface area contributed by atoms with Gasteiger partial charge in [0.25, 0.3) is 5.91 Å². The van der Waals surface area contributed by atoms with E-state index in [1.54, 1.807) is 18.2 Å². The van der Waals surface area contributed by atoms with E-state index < -0.39 is 11.9 Å². The average Bonchev–Trinajstić information content (AvgIpc) is 3.06. The van der Waals surface area contributed by atoms with E-state index in [2.05, 4.69) is 25.9 Å². The van der Waals surface area contributed by atoms with Gasteiger partial charge >= 0.3 is 6.18 Å². The van der Waals surface area contributed by atoms with E-state index in [1.165, 1.54) is 6.07 Å². The molecule has 7 nitrogen and oxygen atoms in total. The van der Waals surface area contributed by atoms with E-state index in [0.717, 1.165) is 12.3 Å². The van der Waals surface area contributed by atoms with Gasteiger partial charge in [-0.3, -0.25) is 9.59 Å². The normalized spacial score (nSPS) is 16.5. The molecule has 0 radical (unpaired) electrons. The van der Waals surface area contributed by atoms with Gasteiger partial charge in [-0.2, -0.15) is 13.2 Å². The molecule has 1 aromatic heterocycles. The van der Waals surface area contributed by atoms with Crippen LogP contribution in [0.15, 0.2) is 36.5 Å². The lowest BCUT2D eigenvalue weighted by atomic mass is 10.0. The molecular formula is C18H18F3N5O2. The van der Waals surface area contributed by atoms with Gasteiger partial charge in [0.05, 0.1) is 0 Å². The van der Waals surface area contributed by atoms with E-state index in [1.807, 2.05) is 0 Å². The summed E-state index contributed by atoms with van der Waals surface area (Å²) in [5, 5.41) is 8.19. The van der Waals surface area contributed by atoms with Gasteiger partial charge in [0.2, 0.25) is 11.9 Å². The molecular weight excluding hydrogens is 375 g/mol. The van der Waals surface area contributed by atoms with E-state index in [0.29, 0.717) is 37.2 Å². The highest BCUT2D eigenvalue weighted by Crippen LogP contribution is 2.28. The zero-order valence-electron chi connectivity index (χ0n) is 14.7. The Morgan fingerprint density at radius 1 is 1.29 bits per heavy atom. The van der Waals surface area contributed by atoms with Crippen molar-refractivity contribution in [2.75, 3.05) is 18.4 Å². The predicted molar refractivity (Wildman–Crippen MR) is 94.8 cm³/mol. The summed E-state index contributed by atoms with van der Waals surface area (Å²) in [6.07, 6.45) is -2.41. The Labute approximate surface area is 158 Å².